The normalized spacial score (nSPS) is 10.6. The molecule has 138 valence electrons. The number of aromatic nitrogens is 1. The average Bonchev–Trinajstić information content (AvgIpc) is 3.19. The molecular formula is C23H17BrN2OS. The SMILES string of the molecule is Cc1ccccc1-c1nc(-c2ccc(NC(=O)c3cccc(Br)c3)cc2)cs1. The minimum absolute atomic E-state index is 0.135. The van der Waals surface area contributed by atoms with Crippen LogP contribution in [-0.2, 0) is 0 Å². The fourth-order valence-electron chi connectivity index (χ4n) is 2.90. The molecule has 0 radical (unpaired) electrons. The first-order valence-electron chi connectivity index (χ1n) is 8.79. The van der Waals surface area contributed by atoms with Crippen LogP contribution in [0.3, 0.4) is 0 Å². The molecule has 0 spiro atoms. The number of nitrogens with one attached hydrogen (secondary N) is 1. The van der Waals surface area contributed by atoms with E-state index in [9.17, 15) is 4.79 Å². The summed E-state index contributed by atoms with van der Waals surface area (Å²) < 4.78 is 0.878. The van der Waals surface area contributed by atoms with Crippen molar-refractivity contribution in [1.29, 1.82) is 0 Å². The van der Waals surface area contributed by atoms with Crippen LogP contribution in [0.15, 0.2) is 82.6 Å². The number of anilines is 1. The van der Waals surface area contributed by atoms with Crippen molar-refractivity contribution >= 4 is 38.9 Å². The van der Waals surface area contributed by atoms with E-state index in [-0.39, 0.29) is 5.91 Å². The van der Waals surface area contributed by atoms with E-state index in [0.717, 1.165) is 32.0 Å². The van der Waals surface area contributed by atoms with Crippen LogP contribution in [0.2, 0.25) is 0 Å². The zero-order chi connectivity index (χ0) is 19.5. The number of carbonyl (C=O) groups is 1. The van der Waals surface area contributed by atoms with Crippen molar-refractivity contribution in [2.75, 3.05) is 5.32 Å². The maximum Gasteiger partial charge on any atom is 0.255 e. The number of benzene rings is 3. The Labute approximate surface area is 176 Å². The van der Waals surface area contributed by atoms with E-state index >= 15 is 0 Å². The number of halogens is 1. The third kappa shape index (κ3) is 4.06. The summed E-state index contributed by atoms with van der Waals surface area (Å²) in [7, 11) is 0. The van der Waals surface area contributed by atoms with Crippen LogP contribution < -0.4 is 5.32 Å². The zero-order valence-electron chi connectivity index (χ0n) is 15.1. The van der Waals surface area contributed by atoms with Gasteiger partial charge in [-0.05, 0) is 42.8 Å². The third-order valence-corrected chi connectivity index (χ3v) is 5.77. The second kappa shape index (κ2) is 8.09. The quantitative estimate of drug-likeness (QED) is 0.372. The molecule has 4 rings (SSSR count). The lowest BCUT2D eigenvalue weighted by atomic mass is 10.1. The van der Waals surface area contributed by atoms with Crippen molar-refractivity contribution in [3.8, 4) is 21.8 Å². The maximum absolute atomic E-state index is 12.4. The smallest absolute Gasteiger partial charge is 0.255 e. The molecule has 0 aliphatic heterocycles. The Bertz CT molecular complexity index is 1140. The van der Waals surface area contributed by atoms with Crippen LogP contribution in [-0.4, -0.2) is 10.9 Å². The standard InChI is InChI=1S/C23H17BrN2OS/c1-15-5-2-3-8-20(15)23-26-21(14-28-23)16-9-11-19(12-10-16)25-22(27)17-6-4-7-18(24)13-17/h2-14H,1H3,(H,25,27). The van der Waals surface area contributed by atoms with Gasteiger partial charge in [0.05, 0.1) is 5.69 Å². The van der Waals surface area contributed by atoms with Gasteiger partial charge >= 0.3 is 0 Å². The zero-order valence-corrected chi connectivity index (χ0v) is 17.5. The van der Waals surface area contributed by atoms with E-state index < -0.39 is 0 Å². The fraction of sp³-hybridized carbons (Fsp3) is 0.0435. The molecule has 0 atom stereocenters. The van der Waals surface area contributed by atoms with Gasteiger partial charge in [-0.1, -0.05) is 58.4 Å². The molecule has 28 heavy (non-hydrogen) atoms. The molecular weight excluding hydrogens is 432 g/mol. The molecule has 0 aliphatic carbocycles. The average molecular weight is 449 g/mol. The molecule has 0 aliphatic rings. The summed E-state index contributed by atoms with van der Waals surface area (Å²) in [5.74, 6) is -0.135. The molecule has 0 saturated heterocycles. The molecule has 1 aromatic heterocycles. The first-order valence-corrected chi connectivity index (χ1v) is 10.5. The summed E-state index contributed by atoms with van der Waals surface area (Å²) in [5.41, 5.74) is 5.71. The summed E-state index contributed by atoms with van der Waals surface area (Å²) >= 11 is 5.03. The predicted octanol–water partition coefficient (Wildman–Crippen LogP) is 6.80. The number of hydrogen-bond donors (Lipinski definition) is 1. The lowest BCUT2D eigenvalue weighted by Crippen LogP contribution is -2.11. The third-order valence-electron chi connectivity index (χ3n) is 4.40. The van der Waals surface area contributed by atoms with Gasteiger partial charge in [0.15, 0.2) is 0 Å². The molecule has 3 aromatic carbocycles. The Morgan fingerprint density at radius 1 is 1.00 bits per heavy atom. The first-order chi connectivity index (χ1) is 13.6. The molecule has 1 N–H and O–H groups in total. The molecule has 3 nitrogen and oxygen atoms in total. The van der Waals surface area contributed by atoms with Crippen LogP contribution >= 0.6 is 27.3 Å². The molecule has 4 aromatic rings. The number of thiazole rings is 1. The van der Waals surface area contributed by atoms with Crippen molar-refractivity contribution in [1.82, 2.24) is 4.98 Å². The fourth-order valence-corrected chi connectivity index (χ4v) is 4.22. The van der Waals surface area contributed by atoms with Gasteiger partial charge in [0.25, 0.3) is 5.91 Å². The van der Waals surface area contributed by atoms with E-state index in [2.05, 4.69) is 45.7 Å². The lowest BCUT2D eigenvalue weighted by molar-refractivity contribution is 0.102. The topological polar surface area (TPSA) is 42.0 Å². The Balaban J connectivity index is 1.51. The number of aryl methyl sites for hydroxylation is 1. The number of amides is 1. The molecule has 0 saturated carbocycles. The highest BCUT2D eigenvalue weighted by molar-refractivity contribution is 9.10. The second-order valence-electron chi connectivity index (χ2n) is 6.39. The van der Waals surface area contributed by atoms with E-state index in [1.807, 2.05) is 48.5 Å². The molecule has 0 unspecified atom stereocenters. The van der Waals surface area contributed by atoms with Crippen molar-refractivity contribution in [2.24, 2.45) is 0 Å². The molecule has 1 heterocycles. The monoisotopic (exact) mass is 448 g/mol. The van der Waals surface area contributed by atoms with Crippen LogP contribution in [0.1, 0.15) is 15.9 Å². The van der Waals surface area contributed by atoms with Gasteiger partial charge < -0.3 is 5.32 Å². The Hall–Kier alpha value is -2.76. The number of nitrogens with zero attached hydrogens (tertiary/aromatic N) is 1. The largest absolute Gasteiger partial charge is 0.322 e. The molecule has 5 heteroatoms. The van der Waals surface area contributed by atoms with Gasteiger partial charge in [0.1, 0.15) is 5.01 Å². The first kappa shape index (κ1) is 18.6. The van der Waals surface area contributed by atoms with Crippen molar-refractivity contribution < 1.29 is 4.79 Å². The minimum atomic E-state index is -0.135. The van der Waals surface area contributed by atoms with Gasteiger partial charge in [-0.15, -0.1) is 11.3 Å². The van der Waals surface area contributed by atoms with Gasteiger partial charge in [-0.3, -0.25) is 4.79 Å². The van der Waals surface area contributed by atoms with Crippen molar-refractivity contribution in [2.45, 2.75) is 6.92 Å². The Kier molecular flexibility index (Phi) is 5.37. The van der Waals surface area contributed by atoms with E-state index in [1.54, 1.807) is 23.5 Å². The highest BCUT2D eigenvalue weighted by atomic mass is 79.9. The lowest BCUT2D eigenvalue weighted by Gasteiger charge is -2.06. The predicted molar refractivity (Wildman–Crippen MR) is 120 cm³/mol. The molecule has 0 bridgehead atoms. The van der Waals surface area contributed by atoms with Crippen LogP contribution in [0.4, 0.5) is 5.69 Å². The van der Waals surface area contributed by atoms with Gasteiger partial charge in [-0.2, -0.15) is 0 Å². The highest BCUT2D eigenvalue weighted by Crippen LogP contribution is 2.31. The summed E-state index contributed by atoms with van der Waals surface area (Å²) in [4.78, 5) is 17.2. The van der Waals surface area contributed by atoms with E-state index in [1.165, 1.54) is 5.56 Å². The van der Waals surface area contributed by atoms with Crippen LogP contribution in [0.5, 0.6) is 0 Å². The van der Waals surface area contributed by atoms with Crippen LogP contribution in [0, 0.1) is 6.92 Å². The second-order valence-corrected chi connectivity index (χ2v) is 8.17. The minimum Gasteiger partial charge on any atom is -0.322 e. The number of carbonyl (C=O) groups excluding carboxylic acids is 1. The summed E-state index contributed by atoms with van der Waals surface area (Å²) in [6.07, 6.45) is 0. The Morgan fingerprint density at radius 2 is 1.79 bits per heavy atom. The molecule has 0 fully saturated rings. The summed E-state index contributed by atoms with van der Waals surface area (Å²) in [6.45, 7) is 2.10. The maximum atomic E-state index is 12.4. The van der Waals surface area contributed by atoms with E-state index in [0.29, 0.717) is 5.56 Å². The Morgan fingerprint density at radius 3 is 2.54 bits per heavy atom. The summed E-state index contributed by atoms with van der Waals surface area (Å²) in [6, 6.07) is 23.3. The van der Waals surface area contributed by atoms with Gasteiger partial charge in [-0.25, -0.2) is 4.98 Å². The van der Waals surface area contributed by atoms with Gasteiger partial charge in [0, 0.05) is 32.2 Å². The number of hydrogen-bond acceptors (Lipinski definition) is 3. The van der Waals surface area contributed by atoms with Crippen LogP contribution in [0.25, 0.3) is 21.8 Å². The number of rotatable bonds is 4. The van der Waals surface area contributed by atoms with E-state index in [4.69, 9.17) is 4.98 Å². The summed E-state index contributed by atoms with van der Waals surface area (Å²) in [5, 5.41) is 6.01. The van der Waals surface area contributed by atoms with Gasteiger partial charge in [0.2, 0.25) is 0 Å². The molecule has 1 amide bonds. The highest BCUT2D eigenvalue weighted by Gasteiger charge is 2.10. The van der Waals surface area contributed by atoms with Crippen molar-refractivity contribution in [3.05, 3.63) is 93.8 Å². The van der Waals surface area contributed by atoms with Crippen molar-refractivity contribution in [3.63, 3.8) is 0 Å².